The van der Waals surface area contributed by atoms with Crippen LogP contribution in [0.5, 0.6) is 0 Å². The molecule has 2 heterocycles. The highest BCUT2D eigenvalue weighted by Crippen LogP contribution is 2.20. The standard InChI is InChI=1S/C13H22N4O/c1-13(2,3)10-6-15-12(16-7-10)17-9-11-8-14-4-5-18-11/h6-7,11,14H,4-5,8-9H2,1-3H3,(H,15,16,17). The number of morpholine rings is 1. The summed E-state index contributed by atoms with van der Waals surface area (Å²) in [7, 11) is 0. The second-order valence-electron chi connectivity index (χ2n) is 5.62. The highest BCUT2D eigenvalue weighted by Gasteiger charge is 2.15. The van der Waals surface area contributed by atoms with Crippen LogP contribution in [0.2, 0.25) is 0 Å². The fourth-order valence-electron chi connectivity index (χ4n) is 1.76. The van der Waals surface area contributed by atoms with Gasteiger partial charge < -0.3 is 15.4 Å². The lowest BCUT2D eigenvalue weighted by molar-refractivity contribution is 0.0371. The minimum absolute atomic E-state index is 0.0922. The monoisotopic (exact) mass is 250 g/mol. The number of hydrogen-bond acceptors (Lipinski definition) is 5. The van der Waals surface area contributed by atoms with Gasteiger partial charge in [-0.1, -0.05) is 20.8 Å². The highest BCUT2D eigenvalue weighted by atomic mass is 16.5. The Kier molecular flexibility index (Phi) is 4.14. The first-order chi connectivity index (χ1) is 8.55. The summed E-state index contributed by atoms with van der Waals surface area (Å²) in [5.74, 6) is 0.664. The third-order valence-corrected chi connectivity index (χ3v) is 3.01. The molecule has 18 heavy (non-hydrogen) atoms. The summed E-state index contributed by atoms with van der Waals surface area (Å²) in [6.45, 7) is 9.79. The minimum atomic E-state index is 0.0922. The third kappa shape index (κ3) is 3.65. The summed E-state index contributed by atoms with van der Waals surface area (Å²) in [6, 6.07) is 0. The quantitative estimate of drug-likeness (QED) is 0.843. The van der Waals surface area contributed by atoms with Crippen molar-refractivity contribution in [1.82, 2.24) is 15.3 Å². The number of hydrogen-bond donors (Lipinski definition) is 2. The van der Waals surface area contributed by atoms with Crippen LogP contribution >= 0.6 is 0 Å². The van der Waals surface area contributed by atoms with E-state index in [1.54, 1.807) is 0 Å². The fourth-order valence-corrected chi connectivity index (χ4v) is 1.76. The van der Waals surface area contributed by atoms with Crippen molar-refractivity contribution in [3.8, 4) is 0 Å². The minimum Gasteiger partial charge on any atom is -0.374 e. The molecule has 1 aromatic heterocycles. The molecule has 1 aliphatic heterocycles. The maximum atomic E-state index is 5.60. The first kappa shape index (κ1) is 13.2. The molecule has 100 valence electrons. The van der Waals surface area contributed by atoms with Crippen LogP contribution in [0.25, 0.3) is 0 Å². The second kappa shape index (κ2) is 5.63. The van der Waals surface area contributed by atoms with Gasteiger partial charge >= 0.3 is 0 Å². The van der Waals surface area contributed by atoms with Crippen LogP contribution < -0.4 is 10.6 Å². The molecule has 0 spiro atoms. The molecule has 1 aliphatic rings. The Morgan fingerprint density at radius 2 is 2.11 bits per heavy atom. The lowest BCUT2D eigenvalue weighted by atomic mass is 9.89. The average molecular weight is 250 g/mol. The van der Waals surface area contributed by atoms with E-state index < -0.39 is 0 Å². The summed E-state index contributed by atoms with van der Waals surface area (Å²) in [6.07, 6.45) is 3.97. The zero-order valence-corrected chi connectivity index (χ0v) is 11.4. The van der Waals surface area contributed by atoms with Crippen molar-refractivity contribution < 1.29 is 4.74 Å². The largest absolute Gasteiger partial charge is 0.374 e. The van der Waals surface area contributed by atoms with Gasteiger partial charge in [-0.05, 0) is 11.0 Å². The van der Waals surface area contributed by atoms with Crippen molar-refractivity contribution in [3.05, 3.63) is 18.0 Å². The second-order valence-corrected chi connectivity index (χ2v) is 5.62. The Morgan fingerprint density at radius 3 is 2.67 bits per heavy atom. The first-order valence-electron chi connectivity index (χ1n) is 6.44. The summed E-state index contributed by atoms with van der Waals surface area (Å²) in [4.78, 5) is 8.66. The lowest BCUT2D eigenvalue weighted by Gasteiger charge is -2.24. The van der Waals surface area contributed by atoms with Crippen LogP contribution in [0.15, 0.2) is 12.4 Å². The molecule has 2 N–H and O–H groups in total. The van der Waals surface area contributed by atoms with Crippen LogP contribution in [0, 0.1) is 0 Å². The molecule has 1 unspecified atom stereocenters. The van der Waals surface area contributed by atoms with Gasteiger partial charge in [0.2, 0.25) is 5.95 Å². The maximum Gasteiger partial charge on any atom is 0.222 e. The molecule has 1 atom stereocenters. The predicted molar refractivity (Wildman–Crippen MR) is 71.8 cm³/mol. The van der Waals surface area contributed by atoms with Gasteiger partial charge in [0, 0.05) is 32.0 Å². The molecule has 1 saturated heterocycles. The third-order valence-electron chi connectivity index (χ3n) is 3.01. The number of ether oxygens (including phenoxy) is 1. The Morgan fingerprint density at radius 1 is 1.39 bits per heavy atom. The summed E-state index contributed by atoms with van der Waals surface area (Å²) >= 11 is 0. The lowest BCUT2D eigenvalue weighted by Crippen LogP contribution is -2.42. The smallest absolute Gasteiger partial charge is 0.222 e. The van der Waals surface area contributed by atoms with Crippen LogP contribution in [0.4, 0.5) is 5.95 Å². The zero-order valence-electron chi connectivity index (χ0n) is 11.4. The van der Waals surface area contributed by atoms with Gasteiger partial charge in [0.15, 0.2) is 0 Å². The van der Waals surface area contributed by atoms with E-state index >= 15 is 0 Å². The van der Waals surface area contributed by atoms with Gasteiger partial charge in [-0.25, -0.2) is 9.97 Å². The summed E-state index contributed by atoms with van der Waals surface area (Å²) in [5, 5.41) is 6.50. The van der Waals surface area contributed by atoms with Gasteiger partial charge in [-0.15, -0.1) is 0 Å². The molecule has 0 saturated carbocycles. The Labute approximate surface area is 108 Å². The topological polar surface area (TPSA) is 59.1 Å². The number of rotatable bonds is 3. The molecule has 0 amide bonds. The van der Waals surface area contributed by atoms with E-state index in [0.717, 1.165) is 31.8 Å². The maximum absolute atomic E-state index is 5.60. The molecular formula is C13H22N4O. The van der Waals surface area contributed by atoms with Gasteiger partial charge in [-0.3, -0.25) is 0 Å². The molecule has 1 aromatic rings. The van der Waals surface area contributed by atoms with Crippen molar-refractivity contribution in [2.24, 2.45) is 0 Å². The number of nitrogens with zero attached hydrogens (tertiary/aromatic N) is 2. The highest BCUT2D eigenvalue weighted by molar-refractivity contribution is 5.27. The Hall–Kier alpha value is -1.20. The van der Waals surface area contributed by atoms with Crippen LogP contribution in [0.1, 0.15) is 26.3 Å². The van der Waals surface area contributed by atoms with E-state index in [4.69, 9.17) is 4.74 Å². The van der Waals surface area contributed by atoms with E-state index in [2.05, 4.69) is 41.4 Å². The molecular weight excluding hydrogens is 228 g/mol. The first-order valence-corrected chi connectivity index (χ1v) is 6.44. The molecule has 1 fully saturated rings. The molecule has 0 radical (unpaired) electrons. The average Bonchev–Trinajstić information content (AvgIpc) is 2.37. The van der Waals surface area contributed by atoms with Crippen molar-refractivity contribution >= 4 is 5.95 Å². The number of aromatic nitrogens is 2. The fraction of sp³-hybridized carbons (Fsp3) is 0.692. The SMILES string of the molecule is CC(C)(C)c1cnc(NCC2CNCCO2)nc1. The molecule has 5 nitrogen and oxygen atoms in total. The van der Waals surface area contributed by atoms with E-state index in [9.17, 15) is 0 Å². The van der Waals surface area contributed by atoms with Crippen molar-refractivity contribution in [2.45, 2.75) is 32.3 Å². The van der Waals surface area contributed by atoms with Gasteiger partial charge in [-0.2, -0.15) is 0 Å². The van der Waals surface area contributed by atoms with Crippen molar-refractivity contribution in [2.75, 3.05) is 31.6 Å². The Bertz CT molecular complexity index is 366. The van der Waals surface area contributed by atoms with Gasteiger partial charge in [0.1, 0.15) is 0 Å². The molecule has 0 aliphatic carbocycles. The molecule has 2 rings (SSSR count). The zero-order chi connectivity index (χ0) is 13.0. The normalized spacial score (nSPS) is 20.7. The van der Waals surface area contributed by atoms with Gasteiger partial charge in [0.05, 0.1) is 12.7 Å². The van der Waals surface area contributed by atoms with Crippen molar-refractivity contribution in [1.29, 1.82) is 0 Å². The molecule has 0 aromatic carbocycles. The predicted octanol–water partition coefficient (Wildman–Crippen LogP) is 1.17. The number of anilines is 1. The summed E-state index contributed by atoms with van der Waals surface area (Å²) in [5.41, 5.74) is 1.23. The van der Waals surface area contributed by atoms with Crippen LogP contribution in [0.3, 0.4) is 0 Å². The van der Waals surface area contributed by atoms with E-state index in [0.29, 0.717) is 5.95 Å². The van der Waals surface area contributed by atoms with E-state index in [-0.39, 0.29) is 11.5 Å². The molecule has 5 heteroatoms. The van der Waals surface area contributed by atoms with Gasteiger partial charge in [0.25, 0.3) is 0 Å². The Balaban J connectivity index is 1.86. The van der Waals surface area contributed by atoms with Crippen molar-refractivity contribution in [3.63, 3.8) is 0 Å². The summed E-state index contributed by atoms with van der Waals surface area (Å²) < 4.78 is 5.60. The van der Waals surface area contributed by atoms with Crippen LogP contribution in [-0.2, 0) is 10.2 Å². The van der Waals surface area contributed by atoms with E-state index in [1.807, 2.05) is 12.4 Å². The molecule has 0 bridgehead atoms. The number of nitrogens with one attached hydrogen (secondary N) is 2. The van der Waals surface area contributed by atoms with E-state index in [1.165, 1.54) is 0 Å². The van der Waals surface area contributed by atoms with Crippen LogP contribution in [-0.4, -0.2) is 42.3 Å².